The van der Waals surface area contributed by atoms with E-state index in [4.69, 9.17) is 23.2 Å². The van der Waals surface area contributed by atoms with Gasteiger partial charge < -0.3 is 10.2 Å². The molecule has 7 nitrogen and oxygen atoms in total. The molecule has 0 radical (unpaired) electrons. The molecule has 1 unspecified atom stereocenters. The van der Waals surface area contributed by atoms with E-state index in [9.17, 15) is 4.79 Å². The quantitative estimate of drug-likeness (QED) is 0.719. The third-order valence-corrected chi connectivity index (χ3v) is 5.02. The maximum absolute atomic E-state index is 11.8. The van der Waals surface area contributed by atoms with Gasteiger partial charge in [0, 0.05) is 41.2 Å². The van der Waals surface area contributed by atoms with Gasteiger partial charge in [0.15, 0.2) is 11.5 Å². The molecule has 1 aliphatic rings. The number of hydrogen-bond donors (Lipinski definition) is 1. The Labute approximate surface area is 166 Å². The zero-order chi connectivity index (χ0) is 19.0. The van der Waals surface area contributed by atoms with Gasteiger partial charge in [-0.2, -0.15) is 4.52 Å². The first kappa shape index (κ1) is 18.0. The number of carbonyl (C=O) groups is 1. The number of nitrogens with one attached hydrogen (secondary N) is 1. The second-order valence-electron chi connectivity index (χ2n) is 6.49. The van der Waals surface area contributed by atoms with E-state index < -0.39 is 0 Å². The predicted octanol–water partition coefficient (Wildman–Crippen LogP) is 3.52. The standard InChI is InChI=1S/C18H18Cl2N6O/c1-2-17(27)25-6-5-14(10-25)21-15-3-4-16-22-23-18(26(16)24-15)11-7-12(19)9-13(20)8-11/h3-4,7-9,14H,2,5-6,10H2,1H3,(H,21,24). The largest absolute Gasteiger partial charge is 0.364 e. The van der Waals surface area contributed by atoms with Crippen LogP contribution in [0.25, 0.3) is 17.0 Å². The van der Waals surface area contributed by atoms with Gasteiger partial charge in [0.05, 0.1) is 0 Å². The molecule has 1 atom stereocenters. The maximum atomic E-state index is 11.8. The highest BCUT2D eigenvalue weighted by atomic mass is 35.5. The van der Waals surface area contributed by atoms with E-state index >= 15 is 0 Å². The van der Waals surface area contributed by atoms with Gasteiger partial charge in [0.2, 0.25) is 5.91 Å². The summed E-state index contributed by atoms with van der Waals surface area (Å²) in [6.07, 6.45) is 1.42. The second kappa shape index (κ2) is 7.32. The van der Waals surface area contributed by atoms with Crippen LogP contribution in [0.1, 0.15) is 19.8 Å². The zero-order valence-corrected chi connectivity index (χ0v) is 16.2. The number of aromatic nitrogens is 4. The molecular weight excluding hydrogens is 387 g/mol. The van der Waals surface area contributed by atoms with E-state index in [0.29, 0.717) is 40.3 Å². The van der Waals surface area contributed by atoms with E-state index in [1.165, 1.54) is 0 Å². The lowest BCUT2D eigenvalue weighted by molar-refractivity contribution is -0.129. The van der Waals surface area contributed by atoms with Crippen molar-refractivity contribution in [2.75, 3.05) is 18.4 Å². The molecule has 1 aliphatic heterocycles. The Hall–Kier alpha value is -2.38. The lowest BCUT2D eigenvalue weighted by atomic mass is 10.2. The van der Waals surface area contributed by atoms with E-state index in [1.807, 2.05) is 24.0 Å². The van der Waals surface area contributed by atoms with Crippen molar-refractivity contribution in [2.24, 2.45) is 0 Å². The molecule has 1 aromatic carbocycles. The normalized spacial score (nSPS) is 16.9. The van der Waals surface area contributed by atoms with Crippen molar-refractivity contribution in [3.8, 4) is 11.4 Å². The topological polar surface area (TPSA) is 75.4 Å². The number of halogens is 2. The van der Waals surface area contributed by atoms with Crippen molar-refractivity contribution in [3.05, 3.63) is 40.4 Å². The second-order valence-corrected chi connectivity index (χ2v) is 7.37. The van der Waals surface area contributed by atoms with Crippen molar-refractivity contribution in [2.45, 2.75) is 25.8 Å². The Balaban J connectivity index is 1.60. The van der Waals surface area contributed by atoms with Crippen LogP contribution in [0.5, 0.6) is 0 Å². The highest BCUT2D eigenvalue weighted by molar-refractivity contribution is 6.35. The number of carbonyl (C=O) groups excluding carboxylic acids is 1. The summed E-state index contributed by atoms with van der Waals surface area (Å²) in [6.45, 7) is 3.34. The summed E-state index contributed by atoms with van der Waals surface area (Å²) < 4.78 is 1.66. The number of hydrogen-bond acceptors (Lipinski definition) is 5. The summed E-state index contributed by atoms with van der Waals surface area (Å²) >= 11 is 12.2. The first-order valence-electron chi connectivity index (χ1n) is 8.76. The van der Waals surface area contributed by atoms with Crippen molar-refractivity contribution in [1.29, 1.82) is 0 Å². The van der Waals surface area contributed by atoms with Crippen LogP contribution in [-0.4, -0.2) is 49.7 Å². The molecular formula is C18H18Cl2N6O. The highest BCUT2D eigenvalue weighted by Gasteiger charge is 2.25. The fraction of sp³-hybridized carbons (Fsp3) is 0.333. The Kier molecular flexibility index (Phi) is 4.88. The van der Waals surface area contributed by atoms with Gasteiger partial charge in [-0.1, -0.05) is 30.1 Å². The van der Waals surface area contributed by atoms with Crippen molar-refractivity contribution in [3.63, 3.8) is 0 Å². The minimum absolute atomic E-state index is 0.172. The highest BCUT2D eigenvalue weighted by Crippen LogP contribution is 2.26. The lowest BCUT2D eigenvalue weighted by Crippen LogP contribution is -2.31. The molecule has 4 rings (SSSR count). The van der Waals surface area contributed by atoms with Crippen LogP contribution < -0.4 is 5.32 Å². The predicted molar refractivity (Wildman–Crippen MR) is 105 cm³/mol. The summed E-state index contributed by atoms with van der Waals surface area (Å²) in [5.74, 6) is 1.45. The lowest BCUT2D eigenvalue weighted by Gasteiger charge is -2.16. The van der Waals surface area contributed by atoms with E-state index in [2.05, 4.69) is 20.6 Å². The third kappa shape index (κ3) is 3.70. The molecule has 0 aliphatic carbocycles. The van der Waals surface area contributed by atoms with Crippen LogP contribution in [0.4, 0.5) is 5.82 Å². The molecule has 9 heteroatoms. The SMILES string of the molecule is CCC(=O)N1CCC(Nc2ccc3nnc(-c4cc(Cl)cc(Cl)c4)n3n2)C1. The van der Waals surface area contributed by atoms with Gasteiger partial charge in [-0.05, 0) is 36.8 Å². The molecule has 3 aromatic rings. The van der Waals surface area contributed by atoms with Crippen LogP contribution in [0.2, 0.25) is 10.0 Å². The Bertz CT molecular complexity index is 984. The Morgan fingerprint density at radius 2 is 2.00 bits per heavy atom. The zero-order valence-electron chi connectivity index (χ0n) is 14.7. The van der Waals surface area contributed by atoms with E-state index in [1.54, 1.807) is 22.7 Å². The minimum atomic E-state index is 0.172. The third-order valence-electron chi connectivity index (χ3n) is 4.58. The van der Waals surface area contributed by atoms with Gasteiger partial charge in [0.1, 0.15) is 5.82 Å². The van der Waals surface area contributed by atoms with Crippen molar-refractivity contribution < 1.29 is 4.79 Å². The Morgan fingerprint density at radius 3 is 2.74 bits per heavy atom. The van der Waals surface area contributed by atoms with Crippen LogP contribution in [-0.2, 0) is 4.79 Å². The fourth-order valence-electron chi connectivity index (χ4n) is 3.27. The average Bonchev–Trinajstić information content (AvgIpc) is 3.27. The molecule has 140 valence electrons. The number of nitrogens with zero attached hydrogens (tertiary/aromatic N) is 5. The van der Waals surface area contributed by atoms with E-state index in [-0.39, 0.29) is 11.9 Å². The molecule has 2 aromatic heterocycles. The molecule has 1 amide bonds. The summed E-state index contributed by atoms with van der Waals surface area (Å²) in [7, 11) is 0. The number of rotatable bonds is 4. The van der Waals surface area contributed by atoms with Gasteiger partial charge in [-0.3, -0.25) is 4.79 Å². The maximum Gasteiger partial charge on any atom is 0.222 e. The van der Waals surface area contributed by atoms with Crippen LogP contribution in [0, 0.1) is 0 Å². The monoisotopic (exact) mass is 404 g/mol. The summed E-state index contributed by atoms with van der Waals surface area (Å²) in [5, 5.41) is 17.4. The van der Waals surface area contributed by atoms with Crippen LogP contribution >= 0.6 is 23.2 Å². The van der Waals surface area contributed by atoms with E-state index in [0.717, 1.165) is 18.5 Å². The summed E-state index contributed by atoms with van der Waals surface area (Å²) in [5.41, 5.74) is 1.37. The molecule has 1 N–H and O–H groups in total. The molecule has 1 fully saturated rings. The van der Waals surface area contributed by atoms with Gasteiger partial charge in [0.25, 0.3) is 0 Å². The van der Waals surface area contributed by atoms with Crippen molar-refractivity contribution in [1.82, 2.24) is 24.7 Å². The van der Waals surface area contributed by atoms with Crippen molar-refractivity contribution >= 4 is 40.6 Å². The first-order chi connectivity index (χ1) is 13.0. The van der Waals surface area contributed by atoms with Crippen LogP contribution in [0.3, 0.4) is 0 Å². The number of amides is 1. The first-order valence-corrected chi connectivity index (χ1v) is 9.52. The molecule has 0 spiro atoms. The Morgan fingerprint density at radius 1 is 1.22 bits per heavy atom. The molecule has 0 saturated carbocycles. The van der Waals surface area contributed by atoms with Gasteiger partial charge >= 0.3 is 0 Å². The molecule has 0 bridgehead atoms. The number of likely N-dealkylation sites (tertiary alicyclic amines) is 1. The summed E-state index contributed by atoms with van der Waals surface area (Å²) in [4.78, 5) is 13.7. The minimum Gasteiger partial charge on any atom is -0.364 e. The number of fused-ring (bicyclic) bond motifs is 1. The smallest absolute Gasteiger partial charge is 0.222 e. The van der Waals surface area contributed by atoms with Gasteiger partial charge in [-0.25, -0.2) is 0 Å². The average molecular weight is 405 g/mol. The molecule has 3 heterocycles. The fourth-order valence-corrected chi connectivity index (χ4v) is 3.79. The van der Waals surface area contributed by atoms with Crippen LogP contribution in [0.15, 0.2) is 30.3 Å². The number of anilines is 1. The van der Waals surface area contributed by atoms with Gasteiger partial charge in [-0.15, -0.1) is 15.3 Å². The molecule has 1 saturated heterocycles. The summed E-state index contributed by atoms with van der Waals surface area (Å²) in [6, 6.07) is 9.10. The number of benzene rings is 1. The molecule has 27 heavy (non-hydrogen) atoms.